The van der Waals surface area contributed by atoms with Crippen LogP contribution in [0.15, 0.2) is 0 Å². The molecule has 1 saturated heterocycles. The van der Waals surface area contributed by atoms with E-state index in [1.165, 1.54) is 38.5 Å². The summed E-state index contributed by atoms with van der Waals surface area (Å²) >= 11 is 0. The first-order chi connectivity index (χ1) is 6.86. The summed E-state index contributed by atoms with van der Waals surface area (Å²) in [7, 11) is 0. The average Bonchev–Trinajstić information content (AvgIpc) is 2.60. The highest BCUT2D eigenvalue weighted by Gasteiger charge is 2.26. The fraction of sp³-hybridized carbons (Fsp3) is 1.00. The highest BCUT2D eigenvalue weighted by Crippen LogP contribution is 2.31. The molecule has 2 fully saturated rings. The molecule has 14 heavy (non-hydrogen) atoms. The van der Waals surface area contributed by atoms with Gasteiger partial charge in [0.15, 0.2) is 0 Å². The van der Waals surface area contributed by atoms with E-state index in [-0.39, 0.29) is 6.10 Å². The largest absolute Gasteiger partial charge is 0.393 e. The Morgan fingerprint density at radius 3 is 2.71 bits per heavy atom. The lowest BCUT2D eigenvalue weighted by molar-refractivity contribution is 0.0827. The Hall–Kier alpha value is -0.0800. The van der Waals surface area contributed by atoms with Crippen molar-refractivity contribution in [1.82, 2.24) is 0 Å². The van der Waals surface area contributed by atoms with Gasteiger partial charge in [-0.15, -0.1) is 0 Å². The number of hydrogen-bond acceptors (Lipinski definition) is 2. The van der Waals surface area contributed by atoms with E-state index in [1.807, 2.05) is 0 Å². The Morgan fingerprint density at radius 1 is 1.07 bits per heavy atom. The molecule has 1 aliphatic carbocycles. The first-order valence-electron chi connectivity index (χ1n) is 6.12. The van der Waals surface area contributed by atoms with Crippen LogP contribution in [0.3, 0.4) is 0 Å². The summed E-state index contributed by atoms with van der Waals surface area (Å²) < 4.78 is 5.38. The van der Waals surface area contributed by atoms with Gasteiger partial charge in [-0.25, -0.2) is 0 Å². The molecule has 1 heterocycles. The average molecular weight is 198 g/mol. The van der Waals surface area contributed by atoms with Crippen LogP contribution in [-0.4, -0.2) is 24.4 Å². The van der Waals surface area contributed by atoms with Gasteiger partial charge in [-0.05, 0) is 37.5 Å². The zero-order valence-electron chi connectivity index (χ0n) is 8.95. The van der Waals surface area contributed by atoms with Crippen LogP contribution in [0.25, 0.3) is 0 Å². The molecule has 0 aromatic heterocycles. The van der Waals surface area contributed by atoms with Crippen LogP contribution in [-0.2, 0) is 4.74 Å². The van der Waals surface area contributed by atoms with Gasteiger partial charge in [-0.1, -0.05) is 19.3 Å². The summed E-state index contributed by atoms with van der Waals surface area (Å²) in [6.07, 6.45) is 8.49. The lowest BCUT2D eigenvalue weighted by Gasteiger charge is -2.22. The molecule has 82 valence electrons. The molecule has 2 nitrogen and oxygen atoms in total. The van der Waals surface area contributed by atoms with Crippen LogP contribution >= 0.6 is 0 Å². The lowest BCUT2D eigenvalue weighted by Crippen LogP contribution is -2.22. The summed E-state index contributed by atoms with van der Waals surface area (Å²) in [6.45, 7) is 1.87. The van der Waals surface area contributed by atoms with E-state index in [4.69, 9.17) is 4.74 Å². The van der Waals surface area contributed by atoms with Crippen molar-refractivity contribution in [3.63, 3.8) is 0 Å². The molecule has 0 radical (unpaired) electrons. The minimum Gasteiger partial charge on any atom is -0.393 e. The van der Waals surface area contributed by atoms with Crippen LogP contribution in [0, 0.1) is 11.8 Å². The van der Waals surface area contributed by atoms with E-state index in [0.717, 1.165) is 25.6 Å². The summed E-state index contributed by atoms with van der Waals surface area (Å²) in [6, 6.07) is 0. The lowest BCUT2D eigenvalue weighted by atomic mass is 9.87. The zero-order valence-corrected chi connectivity index (χ0v) is 8.95. The Bertz CT molecular complexity index is 164. The molecule has 0 bridgehead atoms. The summed E-state index contributed by atoms with van der Waals surface area (Å²) in [4.78, 5) is 0. The van der Waals surface area contributed by atoms with Gasteiger partial charge in [0.05, 0.1) is 6.10 Å². The third-order valence-electron chi connectivity index (χ3n) is 3.78. The molecular formula is C12H22O2. The highest BCUT2D eigenvalue weighted by atomic mass is 16.5. The van der Waals surface area contributed by atoms with Gasteiger partial charge < -0.3 is 9.84 Å². The number of hydrogen-bond donors (Lipinski definition) is 1. The fourth-order valence-corrected chi connectivity index (χ4v) is 2.84. The zero-order chi connectivity index (χ0) is 9.80. The SMILES string of the molecule is OC1CCCCCC1CC1CCOC1. The summed E-state index contributed by atoms with van der Waals surface area (Å²) in [5.41, 5.74) is 0. The van der Waals surface area contributed by atoms with Crippen molar-refractivity contribution >= 4 is 0 Å². The maximum atomic E-state index is 9.97. The Balaban J connectivity index is 1.81. The van der Waals surface area contributed by atoms with E-state index in [0.29, 0.717) is 5.92 Å². The molecule has 2 aliphatic rings. The molecule has 1 N–H and O–H groups in total. The first-order valence-corrected chi connectivity index (χ1v) is 6.12. The summed E-state index contributed by atoms with van der Waals surface area (Å²) in [5, 5.41) is 9.97. The standard InChI is InChI=1S/C12H22O2/c13-12-5-3-1-2-4-11(12)8-10-6-7-14-9-10/h10-13H,1-9H2. The smallest absolute Gasteiger partial charge is 0.0568 e. The van der Waals surface area contributed by atoms with Gasteiger partial charge in [0.1, 0.15) is 0 Å². The number of aliphatic hydroxyl groups is 1. The molecule has 3 atom stereocenters. The van der Waals surface area contributed by atoms with Crippen LogP contribution in [0.2, 0.25) is 0 Å². The number of rotatable bonds is 2. The van der Waals surface area contributed by atoms with Crippen LogP contribution in [0.1, 0.15) is 44.9 Å². The van der Waals surface area contributed by atoms with E-state index < -0.39 is 0 Å². The van der Waals surface area contributed by atoms with E-state index in [1.54, 1.807) is 0 Å². The third-order valence-corrected chi connectivity index (χ3v) is 3.78. The topological polar surface area (TPSA) is 29.5 Å². The van der Waals surface area contributed by atoms with Crippen molar-refractivity contribution < 1.29 is 9.84 Å². The van der Waals surface area contributed by atoms with Gasteiger partial charge >= 0.3 is 0 Å². The maximum Gasteiger partial charge on any atom is 0.0568 e. The van der Waals surface area contributed by atoms with Crippen molar-refractivity contribution in [2.75, 3.05) is 13.2 Å². The van der Waals surface area contributed by atoms with Crippen LogP contribution in [0.4, 0.5) is 0 Å². The molecule has 1 saturated carbocycles. The minimum atomic E-state index is -0.0295. The van der Waals surface area contributed by atoms with Crippen LogP contribution in [0.5, 0.6) is 0 Å². The Labute approximate surface area is 86.6 Å². The van der Waals surface area contributed by atoms with Gasteiger partial charge in [0.25, 0.3) is 0 Å². The number of ether oxygens (including phenoxy) is 1. The Morgan fingerprint density at radius 2 is 1.93 bits per heavy atom. The molecule has 0 amide bonds. The predicted octanol–water partition coefficient (Wildman–Crippen LogP) is 2.35. The van der Waals surface area contributed by atoms with E-state index in [9.17, 15) is 5.11 Å². The molecule has 2 rings (SSSR count). The van der Waals surface area contributed by atoms with Gasteiger partial charge in [-0.2, -0.15) is 0 Å². The van der Waals surface area contributed by atoms with Crippen molar-refractivity contribution in [3.05, 3.63) is 0 Å². The monoisotopic (exact) mass is 198 g/mol. The molecule has 0 aromatic rings. The first kappa shape index (κ1) is 10.4. The Kier molecular flexibility index (Phi) is 3.82. The second-order valence-corrected chi connectivity index (χ2v) is 4.93. The number of aliphatic hydroxyl groups excluding tert-OH is 1. The molecule has 3 unspecified atom stereocenters. The highest BCUT2D eigenvalue weighted by molar-refractivity contribution is 4.77. The molecule has 1 aliphatic heterocycles. The van der Waals surface area contributed by atoms with Crippen molar-refractivity contribution in [3.8, 4) is 0 Å². The fourth-order valence-electron chi connectivity index (χ4n) is 2.84. The van der Waals surface area contributed by atoms with Crippen molar-refractivity contribution in [2.45, 2.75) is 51.0 Å². The predicted molar refractivity (Wildman–Crippen MR) is 56.1 cm³/mol. The minimum absolute atomic E-state index is 0.0295. The van der Waals surface area contributed by atoms with Crippen molar-refractivity contribution in [2.24, 2.45) is 11.8 Å². The van der Waals surface area contributed by atoms with E-state index >= 15 is 0 Å². The van der Waals surface area contributed by atoms with Crippen molar-refractivity contribution in [1.29, 1.82) is 0 Å². The van der Waals surface area contributed by atoms with E-state index in [2.05, 4.69) is 0 Å². The van der Waals surface area contributed by atoms with Gasteiger partial charge in [0.2, 0.25) is 0 Å². The van der Waals surface area contributed by atoms with Gasteiger partial charge in [0, 0.05) is 13.2 Å². The van der Waals surface area contributed by atoms with Gasteiger partial charge in [-0.3, -0.25) is 0 Å². The quantitative estimate of drug-likeness (QED) is 0.690. The molecule has 2 heteroatoms. The van der Waals surface area contributed by atoms with Crippen LogP contribution < -0.4 is 0 Å². The summed E-state index contributed by atoms with van der Waals surface area (Å²) in [5.74, 6) is 1.29. The molecular weight excluding hydrogens is 176 g/mol. The molecule has 0 aromatic carbocycles. The third kappa shape index (κ3) is 2.71. The normalized spacial score (nSPS) is 39.6. The second-order valence-electron chi connectivity index (χ2n) is 4.93. The molecule has 0 spiro atoms. The second kappa shape index (κ2) is 5.13. The maximum absolute atomic E-state index is 9.97.